The molecule has 0 aliphatic heterocycles. The Balaban J connectivity index is 1.97. The summed E-state index contributed by atoms with van der Waals surface area (Å²) in [4.78, 5) is 22.9. The highest BCUT2D eigenvalue weighted by Gasteiger charge is 2.16. The lowest BCUT2D eigenvalue weighted by atomic mass is 10.2. The molecule has 0 atom stereocenters. The lowest BCUT2D eigenvalue weighted by Gasteiger charge is -2.02. The van der Waals surface area contributed by atoms with Gasteiger partial charge in [-0.1, -0.05) is 30.3 Å². The van der Waals surface area contributed by atoms with Crippen molar-refractivity contribution in [3.05, 3.63) is 53.3 Å². The molecule has 1 aromatic carbocycles. The summed E-state index contributed by atoms with van der Waals surface area (Å²) in [6.45, 7) is 0.153. The first kappa shape index (κ1) is 12.8. The van der Waals surface area contributed by atoms with Gasteiger partial charge >= 0.3 is 11.9 Å². The molecule has 0 saturated heterocycles. The van der Waals surface area contributed by atoms with Crippen LogP contribution in [0, 0.1) is 0 Å². The van der Waals surface area contributed by atoms with Gasteiger partial charge in [0.2, 0.25) is 0 Å². The minimum absolute atomic E-state index is 0.0383. The number of benzene rings is 1. The fourth-order valence-corrected chi connectivity index (χ4v) is 1.44. The van der Waals surface area contributed by atoms with Gasteiger partial charge < -0.3 is 9.47 Å². The predicted octanol–water partition coefficient (Wildman–Crippen LogP) is 1.55. The van der Waals surface area contributed by atoms with Gasteiger partial charge in [0, 0.05) is 6.07 Å². The first-order valence-electron chi connectivity index (χ1n) is 5.55. The molecule has 1 N–H and O–H groups in total. The van der Waals surface area contributed by atoms with E-state index in [1.807, 2.05) is 30.3 Å². The molecule has 0 aliphatic carbocycles. The zero-order valence-electron chi connectivity index (χ0n) is 10.3. The van der Waals surface area contributed by atoms with Gasteiger partial charge in [-0.25, -0.2) is 9.59 Å². The summed E-state index contributed by atoms with van der Waals surface area (Å²) < 4.78 is 9.56. The van der Waals surface area contributed by atoms with Gasteiger partial charge in [0.15, 0.2) is 5.69 Å². The molecule has 0 amide bonds. The largest absolute Gasteiger partial charge is 0.464 e. The number of methoxy groups -OCH3 is 1. The predicted molar refractivity (Wildman–Crippen MR) is 65.5 cm³/mol. The summed E-state index contributed by atoms with van der Waals surface area (Å²) in [6, 6.07) is 10.6. The lowest BCUT2D eigenvalue weighted by molar-refractivity contribution is 0.0465. The first-order chi connectivity index (χ1) is 9.20. The number of esters is 2. The van der Waals surface area contributed by atoms with E-state index in [2.05, 4.69) is 14.9 Å². The number of carbonyl (C=O) groups excluding carboxylic acids is 2. The standard InChI is InChI=1S/C13H12N2O4/c1-18-12(16)10-7-11(15-14-10)13(17)19-8-9-5-3-2-4-6-9/h2-7H,8H2,1H3,(H,14,15). The van der Waals surface area contributed by atoms with E-state index in [9.17, 15) is 9.59 Å². The summed E-state index contributed by atoms with van der Waals surface area (Å²) in [5.41, 5.74) is 1.02. The molecule has 98 valence electrons. The van der Waals surface area contributed by atoms with Crippen LogP contribution < -0.4 is 0 Å². The maximum Gasteiger partial charge on any atom is 0.359 e. The summed E-state index contributed by atoms with van der Waals surface area (Å²) in [6.07, 6.45) is 0. The fraction of sp³-hybridized carbons (Fsp3) is 0.154. The first-order valence-corrected chi connectivity index (χ1v) is 5.55. The molecule has 0 bridgehead atoms. The highest BCUT2D eigenvalue weighted by atomic mass is 16.5. The van der Waals surface area contributed by atoms with Crippen molar-refractivity contribution in [1.29, 1.82) is 0 Å². The van der Waals surface area contributed by atoms with Crippen LogP contribution in [0.25, 0.3) is 0 Å². The zero-order chi connectivity index (χ0) is 13.7. The lowest BCUT2D eigenvalue weighted by Crippen LogP contribution is -2.05. The number of rotatable bonds is 4. The molecular weight excluding hydrogens is 248 g/mol. The molecule has 6 heteroatoms. The van der Waals surface area contributed by atoms with E-state index < -0.39 is 11.9 Å². The average molecular weight is 260 g/mol. The molecule has 0 spiro atoms. The maximum atomic E-state index is 11.7. The third kappa shape index (κ3) is 3.19. The Morgan fingerprint density at radius 1 is 1.21 bits per heavy atom. The second kappa shape index (κ2) is 5.81. The molecule has 2 rings (SSSR count). The van der Waals surface area contributed by atoms with Gasteiger partial charge in [0.1, 0.15) is 12.3 Å². The van der Waals surface area contributed by atoms with Crippen molar-refractivity contribution in [2.24, 2.45) is 0 Å². The summed E-state index contributed by atoms with van der Waals surface area (Å²) >= 11 is 0. The molecule has 19 heavy (non-hydrogen) atoms. The van der Waals surface area contributed by atoms with Crippen molar-refractivity contribution in [3.63, 3.8) is 0 Å². The minimum Gasteiger partial charge on any atom is -0.464 e. The Morgan fingerprint density at radius 2 is 1.95 bits per heavy atom. The maximum absolute atomic E-state index is 11.7. The second-order valence-corrected chi connectivity index (χ2v) is 3.72. The van der Waals surface area contributed by atoms with Crippen LogP contribution in [0.4, 0.5) is 0 Å². The summed E-state index contributed by atoms with van der Waals surface area (Å²) in [5, 5.41) is 6.11. The molecule has 0 radical (unpaired) electrons. The summed E-state index contributed by atoms with van der Waals surface area (Å²) in [5.74, 6) is -1.19. The molecule has 2 aromatic rings. The van der Waals surface area contributed by atoms with E-state index >= 15 is 0 Å². The van der Waals surface area contributed by atoms with Crippen LogP contribution in [0.1, 0.15) is 26.5 Å². The van der Waals surface area contributed by atoms with Crippen LogP contribution in [0.3, 0.4) is 0 Å². The third-order valence-corrected chi connectivity index (χ3v) is 2.41. The number of nitrogens with one attached hydrogen (secondary N) is 1. The van der Waals surface area contributed by atoms with Crippen molar-refractivity contribution in [2.45, 2.75) is 6.61 Å². The minimum atomic E-state index is -0.602. The smallest absolute Gasteiger partial charge is 0.359 e. The van der Waals surface area contributed by atoms with Crippen molar-refractivity contribution >= 4 is 11.9 Å². The molecule has 0 unspecified atom stereocenters. The Morgan fingerprint density at radius 3 is 2.63 bits per heavy atom. The van der Waals surface area contributed by atoms with Gasteiger partial charge in [-0.3, -0.25) is 5.10 Å². The molecule has 1 heterocycles. The number of carbonyl (C=O) groups is 2. The van der Waals surface area contributed by atoms with E-state index in [0.29, 0.717) is 0 Å². The van der Waals surface area contributed by atoms with Gasteiger partial charge in [-0.2, -0.15) is 5.10 Å². The monoisotopic (exact) mass is 260 g/mol. The number of aromatic nitrogens is 2. The van der Waals surface area contributed by atoms with Crippen LogP contribution in [0.5, 0.6) is 0 Å². The second-order valence-electron chi connectivity index (χ2n) is 3.72. The third-order valence-electron chi connectivity index (χ3n) is 2.41. The number of hydrogen-bond donors (Lipinski definition) is 1. The van der Waals surface area contributed by atoms with Crippen LogP contribution in [0.2, 0.25) is 0 Å². The summed E-state index contributed by atoms with van der Waals surface area (Å²) in [7, 11) is 1.25. The topological polar surface area (TPSA) is 81.3 Å². The van der Waals surface area contributed by atoms with E-state index in [1.165, 1.54) is 13.2 Å². The van der Waals surface area contributed by atoms with Crippen LogP contribution in [-0.4, -0.2) is 29.2 Å². The number of nitrogens with zero attached hydrogens (tertiary/aromatic N) is 1. The molecule has 0 aliphatic rings. The zero-order valence-corrected chi connectivity index (χ0v) is 10.3. The quantitative estimate of drug-likeness (QED) is 0.843. The van der Waals surface area contributed by atoms with Gasteiger partial charge in [-0.05, 0) is 5.56 Å². The number of ether oxygens (including phenoxy) is 2. The molecule has 1 aromatic heterocycles. The highest BCUT2D eigenvalue weighted by Crippen LogP contribution is 2.06. The molecular formula is C13H12N2O4. The van der Waals surface area contributed by atoms with Gasteiger partial charge in [0.25, 0.3) is 0 Å². The number of aromatic amines is 1. The van der Waals surface area contributed by atoms with E-state index in [-0.39, 0.29) is 18.0 Å². The van der Waals surface area contributed by atoms with Crippen molar-refractivity contribution < 1.29 is 19.1 Å². The van der Waals surface area contributed by atoms with Crippen LogP contribution in [0.15, 0.2) is 36.4 Å². The van der Waals surface area contributed by atoms with Crippen LogP contribution in [-0.2, 0) is 16.1 Å². The van der Waals surface area contributed by atoms with E-state index in [4.69, 9.17) is 4.74 Å². The Hall–Kier alpha value is -2.63. The van der Waals surface area contributed by atoms with Gasteiger partial charge in [0.05, 0.1) is 7.11 Å². The number of hydrogen-bond acceptors (Lipinski definition) is 5. The van der Waals surface area contributed by atoms with Crippen molar-refractivity contribution in [3.8, 4) is 0 Å². The average Bonchev–Trinajstić information content (AvgIpc) is 2.95. The molecule has 0 saturated carbocycles. The highest BCUT2D eigenvalue weighted by molar-refractivity contribution is 5.92. The van der Waals surface area contributed by atoms with Crippen LogP contribution >= 0.6 is 0 Å². The Kier molecular flexibility index (Phi) is 3.92. The normalized spacial score (nSPS) is 9.95. The number of H-pyrrole nitrogens is 1. The molecule has 0 fully saturated rings. The van der Waals surface area contributed by atoms with E-state index in [1.54, 1.807) is 0 Å². The Bertz CT molecular complexity index is 577. The van der Waals surface area contributed by atoms with E-state index in [0.717, 1.165) is 5.56 Å². The van der Waals surface area contributed by atoms with Gasteiger partial charge in [-0.15, -0.1) is 0 Å². The SMILES string of the molecule is COC(=O)c1cc(C(=O)OCc2ccccc2)n[nH]1. The molecule has 6 nitrogen and oxygen atoms in total. The fourth-order valence-electron chi connectivity index (χ4n) is 1.44. The van der Waals surface area contributed by atoms with Crippen molar-refractivity contribution in [1.82, 2.24) is 10.2 Å². The Labute approximate surface area is 109 Å². The van der Waals surface area contributed by atoms with Crippen molar-refractivity contribution in [2.75, 3.05) is 7.11 Å².